The van der Waals surface area contributed by atoms with Crippen LogP contribution >= 0.6 is 0 Å². The van der Waals surface area contributed by atoms with Gasteiger partial charge in [-0.15, -0.1) is 15.3 Å². The molecule has 4 heterocycles. The van der Waals surface area contributed by atoms with Gasteiger partial charge >= 0.3 is 17.9 Å². The maximum absolute atomic E-state index is 11.7. The van der Waals surface area contributed by atoms with Crippen LogP contribution in [-0.2, 0) is 87.0 Å². The van der Waals surface area contributed by atoms with Gasteiger partial charge in [-0.25, -0.2) is 14.0 Å². The summed E-state index contributed by atoms with van der Waals surface area (Å²) in [6.45, 7) is 5.74. The van der Waals surface area contributed by atoms with Crippen molar-refractivity contribution in [2.24, 2.45) is 0 Å². The molecule has 0 bridgehead atoms. The van der Waals surface area contributed by atoms with Crippen LogP contribution in [0.2, 0.25) is 0 Å². The largest absolute Gasteiger partial charge is 0.458 e. The van der Waals surface area contributed by atoms with Gasteiger partial charge in [-0.2, -0.15) is 0 Å². The standard InChI is InChI=1S/C27H39N9O11/c1-18(38)45-24(10-37)7-34-4-21(28-31-34)11-41-14-25(46-19(2)39)8-35-5-22(29-32-35)12-42-15-26(47-20(3)40)9-36-6-23(30-33-36)13-43-16-27-17-44-27/h4-6,24-27,37H,7-17H2,1-3H3/t24-,25-,26-,27-/m1/s1. The van der Waals surface area contributed by atoms with E-state index < -0.39 is 36.2 Å². The first-order chi connectivity index (χ1) is 22.6. The molecule has 1 fully saturated rings. The summed E-state index contributed by atoms with van der Waals surface area (Å²) in [5, 5.41) is 33.6. The Labute approximate surface area is 269 Å². The van der Waals surface area contributed by atoms with Gasteiger partial charge in [0.2, 0.25) is 0 Å². The topological polar surface area (TPSA) is 231 Å². The number of esters is 3. The molecule has 0 unspecified atom stereocenters. The van der Waals surface area contributed by atoms with Gasteiger partial charge in [0.05, 0.1) is 91.1 Å². The van der Waals surface area contributed by atoms with Crippen LogP contribution in [0.1, 0.15) is 37.9 Å². The summed E-state index contributed by atoms with van der Waals surface area (Å²) in [5.74, 6) is -1.47. The van der Waals surface area contributed by atoms with E-state index >= 15 is 0 Å². The third kappa shape index (κ3) is 13.5. The first-order valence-corrected chi connectivity index (χ1v) is 14.8. The van der Waals surface area contributed by atoms with Crippen LogP contribution in [-0.4, -0.2) is 125 Å². The molecule has 1 aliphatic heterocycles. The molecule has 0 aliphatic carbocycles. The van der Waals surface area contributed by atoms with Crippen molar-refractivity contribution in [2.75, 3.05) is 33.0 Å². The Balaban J connectivity index is 1.20. The van der Waals surface area contributed by atoms with E-state index in [9.17, 15) is 19.5 Å². The SMILES string of the molecule is CC(=O)O[C@@H](CO)Cn1cc(COC[C@@H](Cn2cc(COC[C@@H](Cn3cc(COC[C@@H]4CO4)nn3)OC(C)=O)nn2)OC(C)=O)nn1. The molecular formula is C27H39N9O11. The van der Waals surface area contributed by atoms with E-state index in [1.165, 1.54) is 30.1 Å². The number of ether oxygens (including phenoxy) is 7. The van der Waals surface area contributed by atoms with Gasteiger partial charge < -0.3 is 38.3 Å². The van der Waals surface area contributed by atoms with Crippen molar-refractivity contribution >= 4 is 17.9 Å². The van der Waals surface area contributed by atoms with Gasteiger partial charge in [0.25, 0.3) is 0 Å². The summed E-state index contributed by atoms with van der Waals surface area (Å²) in [6, 6.07) is 0. The van der Waals surface area contributed by atoms with Crippen LogP contribution in [0.5, 0.6) is 0 Å². The Hall–Kier alpha value is -4.37. The molecule has 258 valence electrons. The molecule has 47 heavy (non-hydrogen) atoms. The lowest BCUT2D eigenvalue weighted by atomic mass is 10.3. The number of aliphatic hydroxyl groups is 1. The Morgan fingerprint density at radius 2 is 1.11 bits per heavy atom. The van der Waals surface area contributed by atoms with Crippen molar-refractivity contribution in [3.63, 3.8) is 0 Å². The van der Waals surface area contributed by atoms with Crippen molar-refractivity contribution in [2.45, 2.75) is 84.6 Å². The normalized spacial score (nSPS) is 16.0. The van der Waals surface area contributed by atoms with Gasteiger partial charge in [-0.05, 0) is 0 Å². The minimum atomic E-state index is -0.754. The van der Waals surface area contributed by atoms with Crippen molar-refractivity contribution < 1.29 is 52.6 Å². The Kier molecular flexibility index (Phi) is 13.7. The molecule has 3 aromatic rings. The Morgan fingerprint density at radius 3 is 1.49 bits per heavy atom. The van der Waals surface area contributed by atoms with Gasteiger partial charge in [0.15, 0.2) is 0 Å². The molecule has 0 saturated carbocycles. The molecule has 4 atom stereocenters. The summed E-state index contributed by atoms with van der Waals surface area (Å²) < 4.78 is 42.3. The lowest BCUT2D eigenvalue weighted by molar-refractivity contribution is -0.151. The number of rotatable bonds is 22. The highest BCUT2D eigenvalue weighted by atomic mass is 16.6. The summed E-state index contributed by atoms with van der Waals surface area (Å²) in [6.07, 6.45) is 3.03. The first kappa shape index (κ1) is 35.5. The van der Waals surface area contributed by atoms with Gasteiger partial charge in [-0.3, -0.25) is 14.4 Å². The zero-order valence-corrected chi connectivity index (χ0v) is 26.4. The van der Waals surface area contributed by atoms with Crippen LogP contribution in [0.4, 0.5) is 0 Å². The summed E-state index contributed by atoms with van der Waals surface area (Å²) in [7, 11) is 0. The summed E-state index contributed by atoms with van der Waals surface area (Å²) in [4.78, 5) is 34.5. The zero-order valence-electron chi connectivity index (χ0n) is 26.4. The predicted molar refractivity (Wildman–Crippen MR) is 153 cm³/mol. The molecule has 0 spiro atoms. The molecule has 0 aromatic carbocycles. The lowest BCUT2D eigenvalue weighted by Crippen LogP contribution is -2.28. The van der Waals surface area contributed by atoms with Crippen LogP contribution in [0.25, 0.3) is 0 Å². The van der Waals surface area contributed by atoms with Crippen molar-refractivity contribution in [1.82, 2.24) is 45.0 Å². The molecule has 1 saturated heterocycles. The maximum Gasteiger partial charge on any atom is 0.303 e. The molecule has 3 aromatic heterocycles. The van der Waals surface area contributed by atoms with Crippen molar-refractivity contribution in [3.8, 4) is 0 Å². The second-order valence-electron chi connectivity index (χ2n) is 10.7. The predicted octanol–water partition coefficient (Wildman–Crippen LogP) is -1.40. The van der Waals surface area contributed by atoms with Crippen molar-refractivity contribution in [3.05, 3.63) is 35.7 Å². The van der Waals surface area contributed by atoms with E-state index in [0.717, 1.165) is 0 Å². The van der Waals surface area contributed by atoms with E-state index in [2.05, 4.69) is 30.9 Å². The molecule has 0 radical (unpaired) electrons. The molecule has 1 aliphatic rings. The second kappa shape index (κ2) is 18.1. The number of carbonyl (C=O) groups is 3. The third-order valence-electron chi connectivity index (χ3n) is 6.20. The van der Waals surface area contributed by atoms with Gasteiger partial charge in [-0.1, -0.05) is 15.6 Å². The average molecular weight is 666 g/mol. The number of carbonyl (C=O) groups excluding carboxylic acids is 3. The number of hydrogen-bond acceptors (Lipinski definition) is 17. The Bertz CT molecular complexity index is 1420. The fraction of sp³-hybridized carbons (Fsp3) is 0.667. The zero-order chi connectivity index (χ0) is 33.6. The molecule has 20 heteroatoms. The minimum absolute atomic E-state index is 0.0277. The van der Waals surface area contributed by atoms with Crippen LogP contribution in [0.3, 0.4) is 0 Å². The number of hydrogen-bond donors (Lipinski definition) is 1. The number of aromatic nitrogens is 9. The fourth-order valence-electron chi connectivity index (χ4n) is 4.24. The monoisotopic (exact) mass is 665 g/mol. The number of aliphatic hydroxyl groups excluding tert-OH is 1. The number of epoxide rings is 1. The van der Waals surface area contributed by atoms with E-state index in [-0.39, 0.29) is 58.8 Å². The highest BCUT2D eigenvalue weighted by molar-refractivity contribution is 5.66. The smallest absolute Gasteiger partial charge is 0.303 e. The maximum atomic E-state index is 11.7. The molecule has 1 N–H and O–H groups in total. The average Bonchev–Trinajstić information content (AvgIpc) is 3.32. The van der Waals surface area contributed by atoms with Crippen LogP contribution in [0, 0.1) is 0 Å². The van der Waals surface area contributed by atoms with Crippen molar-refractivity contribution in [1.29, 1.82) is 0 Å². The third-order valence-corrected chi connectivity index (χ3v) is 6.20. The fourth-order valence-corrected chi connectivity index (χ4v) is 4.24. The van der Waals surface area contributed by atoms with Gasteiger partial charge in [0, 0.05) is 20.8 Å². The lowest BCUT2D eigenvalue weighted by Gasteiger charge is -2.17. The van der Waals surface area contributed by atoms with Crippen LogP contribution < -0.4 is 0 Å². The minimum Gasteiger partial charge on any atom is -0.458 e. The summed E-state index contributed by atoms with van der Waals surface area (Å²) >= 11 is 0. The number of nitrogens with zero attached hydrogens (tertiary/aromatic N) is 9. The first-order valence-electron chi connectivity index (χ1n) is 14.8. The molecule has 0 amide bonds. The van der Waals surface area contributed by atoms with E-state index in [0.29, 0.717) is 36.9 Å². The Morgan fingerprint density at radius 1 is 0.723 bits per heavy atom. The van der Waals surface area contributed by atoms with E-state index in [1.807, 2.05) is 0 Å². The van der Waals surface area contributed by atoms with Gasteiger partial charge in [0.1, 0.15) is 41.5 Å². The molecule has 20 nitrogen and oxygen atoms in total. The quantitative estimate of drug-likeness (QED) is 0.0738. The molecule has 4 rings (SSSR count). The molecular weight excluding hydrogens is 626 g/mol. The summed E-state index contributed by atoms with van der Waals surface area (Å²) in [5.41, 5.74) is 1.62. The van der Waals surface area contributed by atoms with Crippen LogP contribution in [0.15, 0.2) is 18.6 Å². The van der Waals surface area contributed by atoms with E-state index in [4.69, 9.17) is 33.2 Å². The highest BCUT2D eigenvalue weighted by Gasteiger charge is 2.23. The van der Waals surface area contributed by atoms with E-state index in [1.54, 1.807) is 23.3 Å². The second-order valence-corrected chi connectivity index (χ2v) is 10.7. The highest BCUT2D eigenvalue weighted by Crippen LogP contribution is 2.10.